The van der Waals surface area contributed by atoms with Crippen LogP contribution >= 0.6 is 0 Å². The van der Waals surface area contributed by atoms with Gasteiger partial charge in [0.15, 0.2) is 0 Å². The number of carbonyl (C=O) groups excluding carboxylic acids is 1. The van der Waals surface area contributed by atoms with Gasteiger partial charge in [0, 0.05) is 18.8 Å². The highest BCUT2D eigenvalue weighted by Crippen LogP contribution is 2.20. The summed E-state index contributed by atoms with van der Waals surface area (Å²) in [6.07, 6.45) is 8.63. The lowest BCUT2D eigenvalue weighted by atomic mass is 10.0. The highest BCUT2D eigenvalue weighted by Gasteiger charge is 2.19. The van der Waals surface area contributed by atoms with Gasteiger partial charge in [-0.1, -0.05) is 62.1 Å². The molecule has 2 heterocycles. The van der Waals surface area contributed by atoms with E-state index in [1.165, 1.54) is 12.0 Å². The van der Waals surface area contributed by atoms with E-state index >= 15 is 0 Å². The molecule has 32 heavy (non-hydrogen) atoms. The molecule has 2 aromatic rings. The summed E-state index contributed by atoms with van der Waals surface area (Å²) in [5, 5.41) is 18.1. The number of fused-ring (bicyclic) bond motifs is 1. The summed E-state index contributed by atoms with van der Waals surface area (Å²) in [5.74, 6) is 0.0562. The standard InChI is InChI=1S/C25H34N4O3/c30-24(31)22(29-25(32)27-18-19-10-5-4-6-11-19)14-8-3-1-2-7-13-21-16-15-20-12-9-17-26-23(20)28-21/h4-6,10-11,15-16,22H,1-3,7-9,12-14,17-18H2,(H,26,28)(H,30,31)(H2,27,29,32)/t22-/m0/s1. The third kappa shape index (κ3) is 7.87. The number of aromatic nitrogens is 1. The predicted molar refractivity (Wildman–Crippen MR) is 126 cm³/mol. The zero-order chi connectivity index (χ0) is 22.6. The number of urea groups is 1. The second-order valence-corrected chi connectivity index (χ2v) is 8.35. The maximum absolute atomic E-state index is 12.0. The molecular formula is C25H34N4O3. The second kappa shape index (κ2) is 12.7. The molecule has 1 atom stereocenters. The van der Waals surface area contributed by atoms with E-state index in [2.05, 4.69) is 28.1 Å². The van der Waals surface area contributed by atoms with Crippen molar-refractivity contribution in [3.05, 3.63) is 59.3 Å². The van der Waals surface area contributed by atoms with Gasteiger partial charge in [0.05, 0.1) is 0 Å². The molecule has 0 aliphatic carbocycles. The fourth-order valence-corrected chi connectivity index (χ4v) is 3.94. The van der Waals surface area contributed by atoms with Crippen LogP contribution in [-0.4, -0.2) is 34.7 Å². The number of pyridine rings is 1. The average Bonchev–Trinajstić information content (AvgIpc) is 2.81. The summed E-state index contributed by atoms with van der Waals surface area (Å²) >= 11 is 0. The number of carboxylic acids is 1. The number of hydrogen-bond acceptors (Lipinski definition) is 4. The Morgan fingerprint density at radius 3 is 2.62 bits per heavy atom. The van der Waals surface area contributed by atoms with E-state index in [0.29, 0.717) is 13.0 Å². The topological polar surface area (TPSA) is 103 Å². The minimum Gasteiger partial charge on any atom is -0.480 e. The van der Waals surface area contributed by atoms with Crippen LogP contribution in [-0.2, 0) is 24.2 Å². The van der Waals surface area contributed by atoms with Crippen molar-refractivity contribution in [1.29, 1.82) is 0 Å². The molecule has 0 unspecified atom stereocenters. The summed E-state index contributed by atoms with van der Waals surface area (Å²) in [7, 11) is 0. The lowest BCUT2D eigenvalue weighted by Crippen LogP contribution is -2.45. The van der Waals surface area contributed by atoms with Crippen LogP contribution in [0.4, 0.5) is 10.6 Å². The summed E-state index contributed by atoms with van der Waals surface area (Å²) < 4.78 is 0. The number of nitrogens with zero attached hydrogens (tertiary/aromatic N) is 1. The van der Waals surface area contributed by atoms with Gasteiger partial charge in [0.25, 0.3) is 0 Å². The number of aliphatic carboxylic acids is 1. The largest absolute Gasteiger partial charge is 0.480 e. The molecule has 1 aliphatic heterocycles. The lowest BCUT2D eigenvalue weighted by molar-refractivity contribution is -0.139. The Bertz CT molecular complexity index is 873. The molecular weight excluding hydrogens is 404 g/mol. The van der Waals surface area contributed by atoms with E-state index in [1.807, 2.05) is 30.3 Å². The lowest BCUT2D eigenvalue weighted by Gasteiger charge is -2.17. The van der Waals surface area contributed by atoms with E-state index in [0.717, 1.165) is 68.6 Å². The van der Waals surface area contributed by atoms with Crippen LogP contribution in [0.5, 0.6) is 0 Å². The maximum atomic E-state index is 12.0. The Hall–Kier alpha value is -3.09. The first-order valence-corrected chi connectivity index (χ1v) is 11.7. The van der Waals surface area contributed by atoms with Crippen molar-refractivity contribution in [2.24, 2.45) is 0 Å². The van der Waals surface area contributed by atoms with Gasteiger partial charge in [-0.2, -0.15) is 0 Å². The van der Waals surface area contributed by atoms with Crippen molar-refractivity contribution < 1.29 is 14.7 Å². The average molecular weight is 439 g/mol. The van der Waals surface area contributed by atoms with E-state index in [9.17, 15) is 14.7 Å². The van der Waals surface area contributed by atoms with Gasteiger partial charge in [-0.3, -0.25) is 0 Å². The third-order valence-corrected chi connectivity index (χ3v) is 5.78. The molecule has 1 aromatic carbocycles. The van der Waals surface area contributed by atoms with Gasteiger partial charge in [-0.05, 0) is 49.3 Å². The van der Waals surface area contributed by atoms with E-state index in [-0.39, 0.29) is 0 Å². The number of carbonyl (C=O) groups is 2. The van der Waals surface area contributed by atoms with E-state index < -0.39 is 18.0 Å². The second-order valence-electron chi connectivity index (χ2n) is 8.35. The normalized spacial score (nSPS) is 13.5. The number of aryl methyl sites for hydroxylation is 2. The molecule has 0 fully saturated rings. The smallest absolute Gasteiger partial charge is 0.326 e. The number of hydrogen-bond donors (Lipinski definition) is 4. The molecule has 0 spiro atoms. The first-order valence-electron chi connectivity index (χ1n) is 11.7. The zero-order valence-electron chi connectivity index (χ0n) is 18.6. The van der Waals surface area contributed by atoms with Crippen LogP contribution in [0.3, 0.4) is 0 Å². The first kappa shape index (κ1) is 23.6. The van der Waals surface area contributed by atoms with Crippen LogP contribution in [0.15, 0.2) is 42.5 Å². The molecule has 1 aromatic heterocycles. The monoisotopic (exact) mass is 438 g/mol. The minimum atomic E-state index is -0.994. The van der Waals surface area contributed by atoms with Crippen molar-refractivity contribution in [3.8, 4) is 0 Å². The zero-order valence-corrected chi connectivity index (χ0v) is 18.6. The highest BCUT2D eigenvalue weighted by atomic mass is 16.4. The summed E-state index contributed by atoms with van der Waals surface area (Å²) in [6.45, 7) is 1.37. The quantitative estimate of drug-likeness (QED) is 0.371. The molecule has 0 saturated heterocycles. The van der Waals surface area contributed by atoms with Gasteiger partial charge < -0.3 is 21.1 Å². The van der Waals surface area contributed by atoms with Gasteiger partial charge in [-0.15, -0.1) is 0 Å². The van der Waals surface area contributed by atoms with Crippen LogP contribution < -0.4 is 16.0 Å². The van der Waals surface area contributed by atoms with Crippen LogP contribution in [0.25, 0.3) is 0 Å². The SMILES string of the molecule is O=C(NCc1ccccc1)N[C@@H](CCCCCCCc1ccc2c(n1)NCCC2)C(=O)O. The van der Waals surface area contributed by atoms with Crippen molar-refractivity contribution in [3.63, 3.8) is 0 Å². The number of anilines is 1. The Labute approximate surface area is 190 Å². The molecule has 7 heteroatoms. The number of nitrogens with one attached hydrogen (secondary N) is 3. The molecule has 3 rings (SSSR count). The molecule has 2 amide bonds. The summed E-state index contributed by atoms with van der Waals surface area (Å²) in [5.41, 5.74) is 3.42. The Morgan fingerprint density at radius 2 is 1.81 bits per heavy atom. The van der Waals surface area contributed by atoms with Crippen molar-refractivity contribution in [1.82, 2.24) is 15.6 Å². The van der Waals surface area contributed by atoms with Crippen LogP contribution in [0, 0.1) is 0 Å². The fraction of sp³-hybridized carbons (Fsp3) is 0.480. The Balaban J connectivity index is 1.27. The number of carboxylic acid groups (broad SMARTS) is 1. The molecule has 172 valence electrons. The Morgan fingerprint density at radius 1 is 1.03 bits per heavy atom. The van der Waals surface area contributed by atoms with Crippen LogP contribution in [0.1, 0.15) is 61.8 Å². The fourth-order valence-electron chi connectivity index (χ4n) is 3.94. The molecule has 4 N–H and O–H groups in total. The predicted octanol–water partition coefficient (Wildman–Crippen LogP) is 4.28. The van der Waals surface area contributed by atoms with Crippen molar-refractivity contribution in [2.75, 3.05) is 11.9 Å². The van der Waals surface area contributed by atoms with Crippen molar-refractivity contribution >= 4 is 17.8 Å². The molecule has 0 radical (unpaired) electrons. The number of unbranched alkanes of at least 4 members (excludes halogenated alkanes) is 4. The number of amides is 2. The van der Waals surface area contributed by atoms with Gasteiger partial charge in [-0.25, -0.2) is 14.6 Å². The van der Waals surface area contributed by atoms with E-state index in [4.69, 9.17) is 4.98 Å². The molecule has 0 saturated carbocycles. The summed E-state index contributed by atoms with van der Waals surface area (Å²) in [4.78, 5) is 28.2. The number of rotatable bonds is 12. The van der Waals surface area contributed by atoms with E-state index in [1.54, 1.807) is 0 Å². The molecule has 7 nitrogen and oxygen atoms in total. The first-order chi connectivity index (χ1) is 15.6. The number of benzene rings is 1. The van der Waals surface area contributed by atoms with Gasteiger partial charge >= 0.3 is 12.0 Å². The Kier molecular flexibility index (Phi) is 9.35. The van der Waals surface area contributed by atoms with Crippen molar-refractivity contribution in [2.45, 2.75) is 70.4 Å². The summed E-state index contributed by atoms with van der Waals surface area (Å²) in [6, 6.07) is 12.5. The maximum Gasteiger partial charge on any atom is 0.326 e. The third-order valence-electron chi connectivity index (χ3n) is 5.78. The minimum absolute atomic E-state index is 0.369. The van der Waals surface area contributed by atoms with Gasteiger partial charge in [0.1, 0.15) is 11.9 Å². The molecule has 1 aliphatic rings. The molecule has 0 bridgehead atoms. The highest BCUT2D eigenvalue weighted by molar-refractivity contribution is 5.82. The van der Waals surface area contributed by atoms with Crippen LogP contribution in [0.2, 0.25) is 0 Å². The van der Waals surface area contributed by atoms with Gasteiger partial charge in [0.2, 0.25) is 0 Å².